The summed E-state index contributed by atoms with van der Waals surface area (Å²) in [6.45, 7) is 5.43. The van der Waals surface area contributed by atoms with Crippen LogP contribution in [0, 0.1) is 11.8 Å². The van der Waals surface area contributed by atoms with Gasteiger partial charge in [0.05, 0.1) is 19.6 Å². The summed E-state index contributed by atoms with van der Waals surface area (Å²) < 4.78 is 9.93. The third-order valence-electron chi connectivity index (χ3n) is 3.99. The molecule has 6 nitrogen and oxygen atoms in total. The first-order chi connectivity index (χ1) is 10.6. The maximum absolute atomic E-state index is 12.0. The van der Waals surface area contributed by atoms with E-state index in [4.69, 9.17) is 9.47 Å². The van der Waals surface area contributed by atoms with Crippen LogP contribution in [0.3, 0.4) is 0 Å². The second-order valence-corrected chi connectivity index (χ2v) is 5.44. The van der Waals surface area contributed by atoms with Crippen molar-refractivity contribution < 1.29 is 19.1 Å². The Balaban J connectivity index is 2.17. The molecule has 2 heterocycles. The highest BCUT2D eigenvalue weighted by Crippen LogP contribution is 2.29. The highest BCUT2D eigenvalue weighted by atomic mass is 16.5. The Kier molecular flexibility index (Phi) is 5.35. The predicted molar refractivity (Wildman–Crippen MR) is 81.7 cm³/mol. The fourth-order valence-electron chi connectivity index (χ4n) is 2.86. The molecular weight excluding hydrogens is 284 g/mol. The second kappa shape index (κ2) is 7.24. The van der Waals surface area contributed by atoms with Crippen molar-refractivity contribution in [3.63, 3.8) is 0 Å². The zero-order chi connectivity index (χ0) is 16.1. The van der Waals surface area contributed by atoms with Crippen LogP contribution in [-0.4, -0.2) is 43.7 Å². The van der Waals surface area contributed by atoms with E-state index in [2.05, 4.69) is 4.98 Å². The average molecular weight is 306 g/mol. The van der Waals surface area contributed by atoms with E-state index in [9.17, 15) is 9.59 Å². The number of ether oxygens (including phenoxy) is 2. The summed E-state index contributed by atoms with van der Waals surface area (Å²) in [4.78, 5) is 30.2. The number of anilines is 1. The van der Waals surface area contributed by atoms with Gasteiger partial charge in [-0.1, -0.05) is 6.92 Å². The Morgan fingerprint density at radius 1 is 1.45 bits per heavy atom. The smallest absolute Gasteiger partial charge is 0.341 e. The number of piperidine rings is 1. The Hall–Kier alpha value is -2.11. The van der Waals surface area contributed by atoms with Crippen LogP contribution in [0.25, 0.3) is 0 Å². The van der Waals surface area contributed by atoms with Crippen LogP contribution in [0.5, 0.6) is 0 Å². The van der Waals surface area contributed by atoms with Gasteiger partial charge >= 0.3 is 11.9 Å². The summed E-state index contributed by atoms with van der Waals surface area (Å²) in [5, 5.41) is 0. The molecular formula is C16H22N2O4. The molecule has 1 aromatic heterocycles. The molecule has 1 aromatic rings. The number of nitrogens with zero attached hydrogens (tertiary/aromatic N) is 2. The molecule has 0 saturated carbocycles. The van der Waals surface area contributed by atoms with Crippen LogP contribution >= 0.6 is 0 Å². The monoisotopic (exact) mass is 306 g/mol. The molecule has 1 fully saturated rings. The van der Waals surface area contributed by atoms with E-state index in [-0.39, 0.29) is 23.8 Å². The number of esters is 2. The molecule has 0 radical (unpaired) electrons. The lowest BCUT2D eigenvalue weighted by molar-refractivity contribution is -0.147. The van der Waals surface area contributed by atoms with Gasteiger partial charge < -0.3 is 14.4 Å². The first-order valence-electron chi connectivity index (χ1n) is 7.53. The molecule has 22 heavy (non-hydrogen) atoms. The maximum atomic E-state index is 12.0. The van der Waals surface area contributed by atoms with E-state index in [1.54, 1.807) is 25.3 Å². The van der Waals surface area contributed by atoms with Crippen LogP contribution in [0.1, 0.15) is 30.6 Å². The van der Waals surface area contributed by atoms with Crippen LogP contribution in [0.15, 0.2) is 18.3 Å². The van der Waals surface area contributed by atoms with E-state index in [0.717, 1.165) is 0 Å². The summed E-state index contributed by atoms with van der Waals surface area (Å²) in [5.41, 5.74) is 0.466. The van der Waals surface area contributed by atoms with Crippen LogP contribution in [-0.2, 0) is 14.3 Å². The molecule has 2 atom stereocenters. The number of carbonyl (C=O) groups excluding carboxylic acids is 2. The molecule has 1 saturated heterocycles. The van der Waals surface area contributed by atoms with Crippen LogP contribution in [0.4, 0.5) is 5.82 Å². The average Bonchev–Trinajstić information content (AvgIpc) is 2.54. The summed E-state index contributed by atoms with van der Waals surface area (Å²) in [5.74, 6) is 0.123. The Morgan fingerprint density at radius 2 is 2.23 bits per heavy atom. The zero-order valence-corrected chi connectivity index (χ0v) is 13.2. The molecule has 0 spiro atoms. The Labute approximate surface area is 130 Å². The SMILES string of the molecule is CCOC(=O)c1cccnc1N1CC[C@H](C(=O)OC)[C@H](C)C1. The van der Waals surface area contributed by atoms with Crippen molar-refractivity contribution in [2.45, 2.75) is 20.3 Å². The fourth-order valence-corrected chi connectivity index (χ4v) is 2.86. The minimum Gasteiger partial charge on any atom is -0.469 e. The van der Waals surface area contributed by atoms with Crippen molar-refractivity contribution in [2.24, 2.45) is 11.8 Å². The number of pyridine rings is 1. The summed E-state index contributed by atoms with van der Waals surface area (Å²) >= 11 is 0. The number of rotatable bonds is 4. The van der Waals surface area contributed by atoms with Gasteiger partial charge in [-0.15, -0.1) is 0 Å². The van der Waals surface area contributed by atoms with Crippen molar-refractivity contribution >= 4 is 17.8 Å². The van der Waals surface area contributed by atoms with Gasteiger partial charge in [-0.05, 0) is 31.4 Å². The van der Waals surface area contributed by atoms with Gasteiger partial charge in [0.2, 0.25) is 0 Å². The van der Waals surface area contributed by atoms with E-state index in [1.807, 2.05) is 11.8 Å². The van der Waals surface area contributed by atoms with E-state index < -0.39 is 0 Å². The molecule has 0 aliphatic carbocycles. The van der Waals surface area contributed by atoms with E-state index in [1.165, 1.54) is 7.11 Å². The van der Waals surface area contributed by atoms with Crippen LogP contribution in [0.2, 0.25) is 0 Å². The summed E-state index contributed by atoms with van der Waals surface area (Å²) in [7, 11) is 1.42. The standard InChI is InChI=1S/C16H22N2O4/c1-4-22-16(20)13-6-5-8-17-14(13)18-9-7-12(11(2)10-18)15(19)21-3/h5-6,8,11-12H,4,7,9-10H2,1-3H3/t11-,12+/m1/s1. The van der Waals surface area contributed by atoms with Gasteiger partial charge in [0.1, 0.15) is 11.4 Å². The molecule has 2 rings (SSSR count). The molecule has 0 bridgehead atoms. The molecule has 1 aliphatic heterocycles. The van der Waals surface area contributed by atoms with Crippen molar-refractivity contribution in [3.05, 3.63) is 23.9 Å². The normalized spacial score (nSPS) is 21.3. The third-order valence-corrected chi connectivity index (χ3v) is 3.99. The number of carbonyl (C=O) groups is 2. The Bertz CT molecular complexity index is 547. The maximum Gasteiger partial charge on any atom is 0.341 e. The highest BCUT2D eigenvalue weighted by Gasteiger charge is 2.33. The molecule has 1 aliphatic rings. The largest absolute Gasteiger partial charge is 0.469 e. The lowest BCUT2D eigenvalue weighted by atomic mass is 9.87. The van der Waals surface area contributed by atoms with Gasteiger partial charge in [0.15, 0.2) is 0 Å². The van der Waals surface area contributed by atoms with Crippen molar-refractivity contribution in [1.82, 2.24) is 4.98 Å². The van der Waals surface area contributed by atoms with Gasteiger partial charge in [0, 0.05) is 19.3 Å². The summed E-state index contributed by atoms with van der Waals surface area (Å²) in [6.07, 6.45) is 2.35. The van der Waals surface area contributed by atoms with Crippen molar-refractivity contribution in [1.29, 1.82) is 0 Å². The Morgan fingerprint density at radius 3 is 2.86 bits per heavy atom. The molecule has 0 unspecified atom stereocenters. The minimum atomic E-state index is -0.367. The number of hydrogen-bond acceptors (Lipinski definition) is 6. The van der Waals surface area contributed by atoms with Gasteiger partial charge in [-0.25, -0.2) is 9.78 Å². The summed E-state index contributed by atoms with van der Waals surface area (Å²) in [6, 6.07) is 3.44. The quantitative estimate of drug-likeness (QED) is 0.791. The topological polar surface area (TPSA) is 68.7 Å². The molecule has 0 N–H and O–H groups in total. The van der Waals surface area contributed by atoms with Crippen molar-refractivity contribution in [2.75, 3.05) is 31.7 Å². The third kappa shape index (κ3) is 3.37. The molecule has 0 aromatic carbocycles. The predicted octanol–water partition coefficient (Wildman–Crippen LogP) is 1.89. The lowest BCUT2D eigenvalue weighted by Gasteiger charge is -2.36. The van der Waals surface area contributed by atoms with Crippen LogP contribution < -0.4 is 4.90 Å². The van der Waals surface area contributed by atoms with E-state index in [0.29, 0.717) is 37.5 Å². The highest BCUT2D eigenvalue weighted by molar-refractivity contribution is 5.94. The van der Waals surface area contributed by atoms with Gasteiger partial charge in [0.25, 0.3) is 0 Å². The minimum absolute atomic E-state index is 0.101. The number of methoxy groups -OCH3 is 1. The van der Waals surface area contributed by atoms with E-state index >= 15 is 0 Å². The van der Waals surface area contributed by atoms with Gasteiger partial charge in [-0.3, -0.25) is 4.79 Å². The molecule has 6 heteroatoms. The number of hydrogen-bond donors (Lipinski definition) is 0. The number of aromatic nitrogens is 1. The fraction of sp³-hybridized carbons (Fsp3) is 0.562. The van der Waals surface area contributed by atoms with Gasteiger partial charge in [-0.2, -0.15) is 0 Å². The zero-order valence-electron chi connectivity index (χ0n) is 13.2. The lowest BCUT2D eigenvalue weighted by Crippen LogP contribution is -2.43. The first kappa shape index (κ1) is 16.3. The molecule has 120 valence electrons. The second-order valence-electron chi connectivity index (χ2n) is 5.44. The van der Waals surface area contributed by atoms with Crippen molar-refractivity contribution in [3.8, 4) is 0 Å². The first-order valence-corrected chi connectivity index (χ1v) is 7.53. The molecule has 0 amide bonds.